The third-order valence-corrected chi connectivity index (χ3v) is 5.75. The first-order valence-corrected chi connectivity index (χ1v) is 8.90. The van der Waals surface area contributed by atoms with E-state index in [1.54, 1.807) is 12.3 Å². The Hall–Kier alpha value is -2.08. The van der Waals surface area contributed by atoms with Crippen molar-refractivity contribution in [3.63, 3.8) is 0 Å². The number of nitrogens with zero attached hydrogens (tertiary/aromatic N) is 4. The molecule has 4 nitrogen and oxygen atoms in total. The Morgan fingerprint density at radius 3 is 2.64 bits per heavy atom. The van der Waals surface area contributed by atoms with E-state index in [9.17, 15) is 4.39 Å². The Labute approximate surface area is 154 Å². The van der Waals surface area contributed by atoms with E-state index in [1.807, 2.05) is 50.6 Å². The lowest BCUT2D eigenvalue weighted by Crippen LogP contribution is -2.46. The average Bonchev–Trinajstić information content (AvgIpc) is 2.90. The third-order valence-electron chi connectivity index (χ3n) is 5.37. The van der Waals surface area contributed by atoms with Crippen LogP contribution in [0.4, 0.5) is 4.39 Å². The Morgan fingerprint density at radius 2 is 1.88 bits per heavy atom. The number of benzene rings is 1. The van der Waals surface area contributed by atoms with Crippen molar-refractivity contribution in [1.29, 1.82) is 0 Å². The van der Waals surface area contributed by atoms with Crippen LogP contribution in [0, 0.1) is 5.82 Å². The van der Waals surface area contributed by atoms with Crippen molar-refractivity contribution in [2.24, 2.45) is 4.99 Å². The Morgan fingerprint density at radius 1 is 1.12 bits per heavy atom. The molecule has 0 amide bonds. The van der Waals surface area contributed by atoms with Crippen molar-refractivity contribution in [2.75, 3.05) is 0 Å². The molecule has 128 valence electrons. The topological polar surface area (TPSA) is 42.5 Å². The Bertz CT molecular complexity index is 1030. The summed E-state index contributed by atoms with van der Waals surface area (Å²) in [5.74, 6) is 0.411. The molecule has 0 saturated heterocycles. The molecule has 0 aliphatic carbocycles. The molecule has 25 heavy (non-hydrogen) atoms. The first-order chi connectivity index (χ1) is 11.7. The van der Waals surface area contributed by atoms with Crippen molar-refractivity contribution in [3.05, 3.63) is 63.9 Å². The van der Waals surface area contributed by atoms with Gasteiger partial charge in [0.25, 0.3) is 0 Å². The highest BCUT2D eigenvalue weighted by Crippen LogP contribution is 2.44. The summed E-state index contributed by atoms with van der Waals surface area (Å²) in [5.41, 5.74) is 2.25. The van der Waals surface area contributed by atoms with E-state index in [4.69, 9.17) is 4.99 Å². The largest absolute Gasteiger partial charge is 0.289 e. The molecule has 0 saturated carbocycles. The van der Waals surface area contributed by atoms with Gasteiger partial charge in [0.2, 0.25) is 5.78 Å². The fraction of sp³-hybridized carbons (Fsp3) is 0.316. The number of hydrogen-bond donors (Lipinski definition) is 0. The maximum atomic E-state index is 14.8. The van der Waals surface area contributed by atoms with Gasteiger partial charge in [0.1, 0.15) is 10.4 Å². The number of imidazole rings is 1. The molecular weight excluding hydrogens is 383 g/mol. The Kier molecular flexibility index (Phi) is 3.41. The van der Waals surface area contributed by atoms with Gasteiger partial charge >= 0.3 is 0 Å². The lowest BCUT2D eigenvalue weighted by atomic mass is 9.65. The van der Waals surface area contributed by atoms with Crippen LogP contribution in [0.3, 0.4) is 0 Å². The van der Waals surface area contributed by atoms with Crippen molar-refractivity contribution in [2.45, 2.75) is 38.6 Å². The predicted octanol–water partition coefficient (Wildman–Crippen LogP) is 4.54. The van der Waals surface area contributed by atoms with Gasteiger partial charge in [-0.3, -0.25) is 9.39 Å². The first kappa shape index (κ1) is 16.4. The molecule has 1 aromatic carbocycles. The number of aliphatic imine (C=N–C) groups is 1. The molecule has 6 heteroatoms. The van der Waals surface area contributed by atoms with E-state index >= 15 is 0 Å². The summed E-state index contributed by atoms with van der Waals surface area (Å²) in [6, 6.07) is 5.19. The monoisotopic (exact) mass is 400 g/mol. The van der Waals surface area contributed by atoms with Crippen molar-refractivity contribution < 1.29 is 4.39 Å². The van der Waals surface area contributed by atoms with E-state index in [-0.39, 0.29) is 5.82 Å². The summed E-state index contributed by atoms with van der Waals surface area (Å²) < 4.78 is 17.3. The van der Waals surface area contributed by atoms with Crippen LogP contribution < -0.4 is 0 Å². The molecule has 0 spiro atoms. The minimum atomic E-state index is -0.456. The SMILES string of the molecule is CC1(C)N=C(c2cnc3nc(Br)cn3c2)c2cccc(F)c2C1(C)C. The van der Waals surface area contributed by atoms with Gasteiger partial charge < -0.3 is 0 Å². The minimum absolute atomic E-state index is 0.192. The van der Waals surface area contributed by atoms with Crippen molar-refractivity contribution >= 4 is 27.4 Å². The zero-order chi connectivity index (χ0) is 18.0. The second-order valence-electron chi connectivity index (χ2n) is 7.42. The average molecular weight is 401 g/mol. The van der Waals surface area contributed by atoms with Crippen molar-refractivity contribution in [3.8, 4) is 0 Å². The highest BCUT2D eigenvalue weighted by Gasteiger charge is 2.45. The van der Waals surface area contributed by atoms with Gasteiger partial charge in [-0.1, -0.05) is 26.0 Å². The van der Waals surface area contributed by atoms with Crippen LogP contribution in [0.25, 0.3) is 5.78 Å². The molecule has 4 rings (SSSR count). The van der Waals surface area contributed by atoms with E-state index in [0.717, 1.165) is 21.4 Å². The summed E-state index contributed by atoms with van der Waals surface area (Å²) >= 11 is 3.36. The van der Waals surface area contributed by atoms with Crippen LogP contribution in [-0.2, 0) is 5.41 Å². The highest BCUT2D eigenvalue weighted by molar-refractivity contribution is 9.10. The van der Waals surface area contributed by atoms with Gasteiger partial charge in [0.15, 0.2) is 0 Å². The second kappa shape index (κ2) is 5.21. The lowest BCUT2D eigenvalue weighted by Gasteiger charge is -2.44. The van der Waals surface area contributed by atoms with Gasteiger partial charge in [-0.25, -0.2) is 14.4 Å². The molecule has 0 atom stereocenters. The Balaban J connectivity index is 2.00. The van der Waals surface area contributed by atoms with E-state index in [1.165, 1.54) is 6.07 Å². The molecule has 3 aromatic rings. The van der Waals surface area contributed by atoms with E-state index in [2.05, 4.69) is 25.9 Å². The summed E-state index contributed by atoms with van der Waals surface area (Å²) in [6.07, 6.45) is 5.52. The molecule has 0 radical (unpaired) electrons. The predicted molar refractivity (Wildman–Crippen MR) is 99.8 cm³/mol. The fourth-order valence-corrected chi connectivity index (χ4v) is 3.72. The second-order valence-corrected chi connectivity index (χ2v) is 8.23. The zero-order valence-corrected chi connectivity index (χ0v) is 16.1. The summed E-state index contributed by atoms with van der Waals surface area (Å²) in [6.45, 7) is 8.18. The van der Waals surface area contributed by atoms with Crippen LogP contribution in [-0.4, -0.2) is 25.6 Å². The van der Waals surface area contributed by atoms with Gasteiger partial charge in [0, 0.05) is 40.7 Å². The summed E-state index contributed by atoms with van der Waals surface area (Å²) in [7, 11) is 0. The third kappa shape index (κ3) is 2.34. The maximum absolute atomic E-state index is 14.8. The lowest BCUT2D eigenvalue weighted by molar-refractivity contribution is 0.293. The summed E-state index contributed by atoms with van der Waals surface area (Å²) in [5, 5.41) is 0. The first-order valence-electron chi connectivity index (χ1n) is 8.10. The molecule has 3 heterocycles. The van der Waals surface area contributed by atoms with Gasteiger partial charge in [0.05, 0.1) is 11.3 Å². The molecule has 0 bridgehead atoms. The quantitative estimate of drug-likeness (QED) is 0.601. The molecule has 0 unspecified atom stereocenters. The zero-order valence-electron chi connectivity index (χ0n) is 14.5. The number of hydrogen-bond acceptors (Lipinski definition) is 3. The van der Waals surface area contributed by atoms with Crippen molar-refractivity contribution in [1.82, 2.24) is 14.4 Å². The van der Waals surface area contributed by atoms with Gasteiger partial charge in [-0.15, -0.1) is 0 Å². The standard InChI is InChI=1S/C19H18BrFN4/c1-18(2)15-12(6-5-7-13(15)21)16(24-19(18,3)4)11-8-22-17-23-14(20)10-25(17)9-11/h5-10H,1-4H3. The van der Waals surface area contributed by atoms with Gasteiger partial charge in [-0.05, 0) is 35.8 Å². The molecule has 2 aromatic heterocycles. The van der Waals surface area contributed by atoms with E-state index in [0.29, 0.717) is 11.3 Å². The number of aromatic nitrogens is 3. The highest BCUT2D eigenvalue weighted by atomic mass is 79.9. The van der Waals surface area contributed by atoms with Crippen LogP contribution in [0.5, 0.6) is 0 Å². The molecule has 1 aliphatic rings. The fourth-order valence-electron chi connectivity index (χ4n) is 3.34. The number of fused-ring (bicyclic) bond motifs is 2. The summed E-state index contributed by atoms with van der Waals surface area (Å²) in [4.78, 5) is 13.7. The maximum Gasteiger partial charge on any atom is 0.234 e. The molecule has 0 N–H and O–H groups in total. The van der Waals surface area contributed by atoms with Crippen LogP contribution in [0.2, 0.25) is 0 Å². The van der Waals surface area contributed by atoms with Gasteiger partial charge in [-0.2, -0.15) is 0 Å². The molecular formula is C19H18BrFN4. The van der Waals surface area contributed by atoms with Crippen LogP contribution >= 0.6 is 15.9 Å². The number of halogens is 2. The minimum Gasteiger partial charge on any atom is -0.289 e. The number of rotatable bonds is 1. The smallest absolute Gasteiger partial charge is 0.234 e. The van der Waals surface area contributed by atoms with Crippen LogP contribution in [0.1, 0.15) is 44.4 Å². The molecule has 1 aliphatic heterocycles. The molecule has 0 fully saturated rings. The normalized spacial score (nSPS) is 18.1. The van der Waals surface area contributed by atoms with Crippen LogP contribution in [0.15, 0.2) is 46.4 Å². The van der Waals surface area contributed by atoms with E-state index < -0.39 is 11.0 Å².